The van der Waals surface area contributed by atoms with Gasteiger partial charge in [0, 0.05) is 11.0 Å². The lowest BCUT2D eigenvalue weighted by Crippen LogP contribution is -2.18. The van der Waals surface area contributed by atoms with Crippen molar-refractivity contribution in [3.05, 3.63) is 58.5 Å². The summed E-state index contributed by atoms with van der Waals surface area (Å²) in [4.78, 5) is 37.3. The number of nitrogens with one attached hydrogen (secondary N) is 2. The van der Waals surface area contributed by atoms with Crippen molar-refractivity contribution in [2.24, 2.45) is 5.73 Å². The molecule has 0 unspecified atom stereocenters. The van der Waals surface area contributed by atoms with E-state index in [1.807, 2.05) is 0 Å². The standard InChI is InChI=1S/C14H13N3O3S/c15-12(18)8-21-11-6-2-1-4-9(11)17-14(20)10-5-3-7-13(19)16-10/h1-7H,8H2,(H2,15,18)(H,16,19)(H,17,20). The summed E-state index contributed by atoms with van der Waals surface area (Å²) in [6, 6.07) is 11.4. The lowest BCUT2D eigenvalue weighted by molar-refractivity contribution is -0.115. The number of rotatable bonds is 5. The predicted octanol–water partition coefficient (Wildman–Crippen LogP) is 1.20. The number of aromatic nitrogens is 1. The maximum atomic E-state index is 12.1. The lowest BCUT2D eigenvalue weighted by Gasteiger charge is -2.09. The Balaban J connectivity index is 2.17. The fourth-order valence-electron chi connectivity index (χ4n) is 1.61. The van der Waals surface area contributed by atoms with Crippen molar-refractivity contribution >= 4 is 29.3 Å². The number of nitrogens with two attached hydrogens (primary N) is 1. The van der Waals surface area contributed by atoms with Gasteiger partial charge in [-0.15, -0.1) is 11.8 Å². The molecule has 2 amide bonds. The number of para-hydroxylation sites is 1. The van der Waals surface area contributed by atoms with Crippen molar-refractivity contribution in [3.63, 3.8) is 0 Å². The molecule has 0 saturated heterocycles. The molecule has 0 saturated carbocycles. The molecule has 2 aromatic rings. The molecule has 0 aliphatic carbocycles. The van der Waals surface area contributed by atoms with Crippen LogP contribution < -0.4 is 16.6 Å². The molecule has 1 aromatic carbocycles. The Bertz CT molecular complexity index is 727. The van der Waals surface area contributed by atoms with Crippen LogP contribution in [0.5, 0.6) is 0 Å². The molecular formula is C14H13N3O3S. The van der Waals surface area contributed by atoms with Gasteiger partial charge in [0.2, 0.25) is 11.5 Å². The quantitative estimate of drug-likeness (QED) is 0.722. The predicted molar refractivity (Wildman–Crippen MR) is 81.4 cm³/mol. The number of amides is 2. The van der Waals surface area contributed by atoms with E-state index in [1.165, 1.54) is 30.0 Å². The van der Waals surface area contributed by atoms with Crippen molar-refractivity contribution in [3.8, 4) is 0 Å². The zero-order chi connectivity index (χ0) is 15.2. The molecule has 21 heavy (non-hydrogen) atoms. The maximum absolute atomic E-state index is 12.1. The highest BCUT2D eigenvalue weighted by molar-refractivity contribution is 8.00. The molecule has 0 aliphatic rings. The van der Waals surface area contributed by atoms with Gasteiger partial charge in [0.05, 0.1) is 11.4 Å². The number of carbonyl (C=O) groups excluding carboxylic acids is 2. The number of hydrogen-bond acceptors (Lipinski definition) is 4. The summed E-state index contributed by atoms with van der Waals surface area (Å²) >= 11 is 1.23. The largest absolute Gasteiger partial charge is 0.369 e. The van der Waals surface area contributed by atoms with Gasteiger partial charge in [-0.1, -0.05) is 18.2 Å². The number of benzene rings is 1. The average Bonchev–Trinajstić information content (AvgIpc) is 2.46. The number of pyridine rings is 1. The fourth-order valence-corrected chi connectivity index (χ4v) is 2.36. The Morgan fingerprint density at radius 3 is 2.62 bits per heavy atom. The van der Waals surface area contributed by atoms with Crippen LogP contribution in [0, 0.1) is 0 Å². The van der Waals surface area contributed by atoms with Crippen LogP contribution in [-0.4, -0.2) is 22.6 Å². The Kier molecular flexibility index (Phi) is 4.78. The molecule has 0 radical (unpaired) electrons. The first-order valence-corrected chi connectivity index (χ1v) is 7.05. The molecule has 1 aromatic heterocycles. The fraction of sp³-hybridized carbons (Fsp3) is 0.0714. The van der Waals surface area contributed by atoms with Crippen LogP contribution in [0.3, 0.4) is 0 Å². The summed E-state index contributed by atoms with van der Waals surface area (Å²) in [6.07, 6.45) is 0. The molecule has 7 heteroatoms. The van der Waals surface area contributed by atoms with Gasteiger partial charge < -0.3 is 16.0 Å². The first-order valence-electron chi connectivity index (χ1n) is 6.07. The number of anilines is 1. The molecule has 1 heterocycles. The van der Waals surface area contributed by atoms with Crippen LogP contribution >= 0.6 is 11.8 Å². The molecule has 0 bridgehead atoms. The van der Waals surface area contributed by atoms with Crippen molar-refractivity contribution in [1.82, 2.24) is 4.98 Å². The molecule has 108 valence electrons. The second-order valence-electron chi connectivity index (χ2n) is 4.13. The Morgan fingerprint density at radius 2 is 1.90 bits per heavy atom. The van der Waals surface area contributed by atoms with Crippen molar-refractivity contribution in [2.45, 2.75) is 4.90 Å². The zero-order valence-electron chi connectivity index (χ0n) is 11.0. The van der Waals surface area contributed by atoms with E-state index >= 15 is 0 Å². The molecular weight excluding hydrogens is 290 g/mol. The number of thioether (sulfide) groups is 1. The Hall–Kier alpha value is -2.54. The molecule has 0 spiro atoms. The maximum Gasteiger partial charge on any atom is 0.272 e. The van der Waals surface area contributed by atoms with Crippen molar-refractivity contribution in [2.75, 3.05) is 11.1 Å². The van der Waals surface area contributed by atoms with E-state index < -0.39 is 11.8 Å². The minimum absolute atomic E-state index is 0.120. The van der Waals surface area contributed by atoms with Crippen LogP contribution in [0.1, 0.15) is 10.5 Å². The van der Waals surface area contributed by atoms with E-state index in [2.05, 4.69) is 10.3 Å². The number of H-pyrrole nitrogens is 1. The third kappa shape index (κ3) is 4.22. The highest BCUT2D eigenvalue weighted by Crippen LogP contribution is 2.26. The van der Waals surface area contributed by atoms with Crippen LogP contribution in [0.25, 0.3) is 0 Å². The van der Waals surface area contributed by atoms with E-state index in [4.69, 9.17) is 5.73 Å². The zero-order valence-corrected chi connectivity index (χ0v) is 11.8. The van der Waals surface area contributed by atoms with Crippen LogP contribution in [0.15, 0.2) is 52.2 Å². The smallest absolute Gasteiger partial charge is 0.272 e. The van der Waals surface area contributed by atoms with E-state index in [-0.39, 0.29) is 17.0 Å². The molecule has 4 N–H and O–H groups in total. The van der Waals surface area contributed by atoms with Gasteiger partial charge in [0.15, 0.2) is 0 Å². The van der Waals surface area contributed by atoms with Crippen LogP contribution in [0.4, 0.5) is 5.69 Å². The van der Waals surface area contributed by atoms with Gasteiger partial charge in [0.25, 0.3) is 5.91 Å². The van der Waals surface area contributed by atoms with Gasteiger partial charge in [-0.2, -0.15) is 0 Å². The lowest BCUT2D eigenvalue weighted by atomic mass is 10.3. The first-order chi connectivity index (χ1) is 10.1. The summed E-state index contributed by atoms with van der Waals surface area (Å²) in [7, 11) is 0. The molecule has 0 fully saturated rings. The summed E-state index contributed by atoms with van der Waals surface area (Å²) in [5, 5.41) is 2.70. The van der Waals surface area contributed by atoms with Crippen molar-refractivity contribution in [1.29, 1.82) is 0 Å². The summed E-state index contributed by atoms with van der Waals surface area (Å²) < 4.78 is 0. The topological polar surface area (TPSA) is 105 Å². The minimum atomic E-state index is -0.437. The van der Waals surface area contributed by atoms with Crippen molar-refractivity contribution < 1.29 is 9.59 Å². The highest BCUT2D eigenvalue weighted by atomic mass is 32.2. The van der Waals surface area contributed by atoms with E-state index in [1.54, 1.807) is 24.3 Å². The van der Waals surface area contributed by atoms with Gasteiger partial charge in [-0.05, 0) is 18.2 Å². The van der Waals surface area contributed by atoms with E-state index in [0.717, 1.165) is 4.90 Å². The Labute approximate surface area is 124 Å². The average molecular weight is 303 g/mol. The van der Waals surface area contributed by atoms with E-state index in [9.17, 15) is 14.4 Å². The van der Waals surface area contributed by atoms with Gasteiger partial charge in [-0.3, -0.25) is 14.4 Å². The normalized spacial score (nSPS) is 10.1. The molecule has 2 rings (SSSR count). The first kappa shape index (κ1) is 14.9. The summed E-state index contributed by atoms with van der Waals surface area (Å²) in [5.74, 6) is -0.747. The summed E-state index contributed by atoms with van der Waals surface area (Å²) in [5.41, 5.74) is 5.48. The third-order valence-electron chi connectivity index (χ3n) is 2.52. The minimum Gasteiger partial charge on any atom is -0.369 e. The second kappa shape index (κ2) is 6.76. The van der Waals surface area contributed by atoms with Gasteiger partial charge >= 0.3 is 0 Å². The van der Waals surface area contributed by atoms with Gasteiger partial charge in [-0.25, -0.2) is 0 Å². The summed E-state index contributed by atoms with van der Waals surface area (Å²) in [6.45, 7) is 0. The highest BCUT2D eigenvalue weighted by Gasteiger charge is 2.10. The number of primary amides is 1. The molecule has 0 aliphatic heterocycles. The van der Waals surface area contributed by atoms with Gasteiger partial charge in [0.1, 0.15) is 5.69 Å². The number of carbonyl (C=O) groups is 2. The third-order valence-corrected chi connectivity index (χ3v) is 3.61. The SMILES string of the molecule is NC(=O)CSc1ccccc1NC(=O)c1cccc(=O)[nH]1. The van der Waals surface area contributed by atoms with Crippen LogP contribution in [0.2, 0.25) is 0 Å². The number of aromatic amines is 1. The number of hydrogen-bond donors (Lipinski definition) is 3. The van der Waals surface area contributed by atoms with E-state index in [0.29, 0.717) is 5.69 Å². The molecule has 6 nitrogen and oxygen atoms in total. The monoisotopic (exact) mass is 303 g/mol. The van der Waals surface area contributed by atoms with Crippen LogP contribution in [-0.2, 0) is 4.79 Å². The Morgan fingerprint density at radius 1 is 1.14 bits per heavy atom. The molecule has 0 atom stereocenters. The second-order valence-corrected chi connectivity index (χ2v) is 5.15.